The predicted molar refractivity (Wildman–Crippen MR) is 66.1 cm³/mol. The van der Waals surface area contributed by atoms with E-state index in [0.717, 1.165) is 12.8 Å². The van der Waals surface area contributed by atoms with Crippen molar-refractivity contribution in [2.45, 2.75) is 37.8 Å². The van der Waals surface area contributed by atoms with Gasteiger partial charge in [-0.15, -0.1) is 0 Å². The molecule has 106 valence electrons. The van der Waals surface area contributed by atoms with Gasteiger partial charge in [0.2, 0.25) is 11.8 Å². The Kier molecular flexibility index (Phi) is 3.49. The van der Waals surface area contributed by atoms with Crippen molar-refractivity contribution in [1.82, 2.24) is 10.2 Å². The Morgan fingerprint density at radius 2 is 2.16 bits per heavy atom. The van der Waals surface area contributed by atoms with Crippen LogP contribution in [0.25, 0.3) is 0 Å². The summed E-state index contributed by atoms with van der Waals surface area (Å²) in [5.74, 6) is -1.72. The first-order valence-corrected chi connectivity index (χ1v) is 6.43. The highest BCUT2D eigenvalue weighted by Crippen LogP contribution is 2.39. The number of carbonyl (C=O) groups excluding carboxylic acids is 2. The lowest BCUT2D eigenvalue weighted by molar-refractivity contribution is -0.151. The smallest absolute Gasteiger partial charge is 0.305 e. The third kappa shape index (κ3) is 2.70. The molecule has 4 N–H and O–H groups in total. The molecule has 0 bridgehead atoms. The van der Waals surface area contributed by atoms with E-state index in [1.165, 1.54) is 4.90 Å². The number of nitrogens with one attached hydrogen (secondary N) is 1. The minimum atomic E-state index is -1.11. The highest BCUT2D eigenvalue weighted by Gasteiger charge is 2.48. The number of hydrogen-bond acceptors (Lipinski definition) is 4. The van der Waals surface area contributed by atoms with Crippen molar-refractivity contribution in [2.24, 2.45) is 11.7 Å². The lowest BCUT2D eigenvalue weighted by Crippen LogP contribution is -2.64. The van der Waals surface area contributed by atoms with Crippen molar-refractivity contribution < 1.29 is 19.5 Å². The molecule has 2 amide bonds. The molecular formula is C12H19N3O4. The lowest BCUT2D eigenvalue weighted by atomic mass is 9.93. The maximum absolute atomic E-state index is 12.5. The molecule has 7 heteroatoms. The Morgan fingerprint density at radius 1 is 1.53 bits per heavy atom. The molecule has 1 saturated carbocycles. The van der Waals surface area contributed by atoms with Crippen molar-refractivity contribution in [3.63, 3.8) is 0 Å². The van der Waals surface area contributed by atoms with Crippen LogP contribution in [0, 0.1) is 5.92 Å². The molecular weight excluding hydrogens is 250 g/mol. The van der Waals surface area contributed by atoms with Crippen molar-refractivity contribution in [2.75, 3.05) is 13.1 Å². The van der Waals surface area contributed by atoms with Gasteiger partial charge in [-0.25, -0.2) is 0 Å². The average Bonchev–Trinajstić information content (AvgIpc) is 3.14. The van der Waals surface area contributed by atoms with Crippen LogP contribution in [0.15, 0.2) is 0 Å². The number of amides is 2. The van der Waals surface area contributed by atoms with Crippen LogP contribution in [0.3, 0.4) is 0 Å². The first kappa shape index (κ1) is 13.8. The Hall–Kier alpha value is -1.63. The fourth-order valence-corrected chi connectivity index (χ4v) is 2.49. The summed E-state index contributed by atoms with van der Waals surface area (Å²) in [6.45, 7) is 2.31. The van der Waals surface area contributed by atoms with Crippen molar-refractivity contribution in [3.05, 3.63) is 0 Å². The zero-order valence-electron chi connectivity index (χ0n) is 10.9. The van der Waals surface area contributed by atoms with Gasteiger partial charge in [-0.05, 0) is 25.7 Å². The molecule has 0 aromatic rings. The molecule has 2 unspecified atom stereocenters. The second-order valence-corrected chi connectivity index (χ2v) is 5.46. The number of carbonyl (C=O) groups is 3. The minimum absolute atomic E-state index is 0.135. The minimum Gasteiger partial charge on any atom is -0.481 e. The molecule has 7 nitrogen and oxygen atoms in total. The molecule has 1 heterocycles. The van der Waals surface area contributed by atoms with E-state index < -0.39 is 29.9 Å². The number of carboxylic acids is 1. The van der Waals surface area contributed by atoms with Crippen molar-refractivity contribution in [3.8, 4) is 0 Å². The SMILES string of the molecule is CC(N)(C(=O)N1CCNC(=O)C1CC(=O)O)C1CC1. The van der Waals surface area contributed by atoms with E-state index in [0.29, 0.717) is 13.1 Å². The van der Waals surface area contributed by atoms with Crippen molar-refractivity contribution >= 4 is 17.8 Å². The van der Waals surface area contributed by atoms with E-state index in [1.54, 1.807) is 6.92 Å². The molecule has 0 radical (unpaired) electrons. The van der Waals surface area contributed by atoms with Crippen LogP contribution in [-0.4, -0.2) is 52.5 Å². The van der Waals surface area contributed by atoms with Crippen LogP contribution in [-0.2, 0) is 14.4 Å². The first-order chi connectivity index (χ1) is 8.84. The molecule has 2 atom stereocenters. The molecule has 19 heavy (non-hydrogen) atoms. The molecule has 2 rings (SSSR count). The Labute approximate surface area is 111 Å². The molecule has 2 aliphatic rings. The van der Waals surface area contributed by atoms with E-state index in [-0.39, 0.29) is 11.8 Å². The zero-order valence-corrected chi connectivity index (χ0v) is 10.9. The van der Waals surface area contributed by atoms with E-state index in [1.807, 2.05) is 0 Å². The maximum Gasteiger partial charge on any atom is 0.305 e. The van der Waals surface area contributed by atoms with Gasteiger partial charge in [-0.3, -0.25) is 14.4 Å². The van der Waals surface area contributed by atoms with Gasteiger partial charge < -0.3 is 21.1 Å². The molecule has 1 aliphatic heterocycles. The number of nitrogens with two attached hydrogens (primary N) is 1. The van der Waals surface area contributed by atoms with Gasteiger partial charge in [-0.1, -0.05) is 0 Å². The fraction of sp³-hybridized carbons (Fsp3) is 0.750. The second kappa shape index (κ2) is 4.80. The van der Waals surface area contributed by atoms with E-state index >= 15 is 0 Å². The summed E-state index contributed by atoms with van der Waals surface area (Å²) in [5, 5.41) is 11.4. The lowest BCUT2D eigenvalue weighted by Gasteiger charge is -2.39. The summed E-state index contributed by atoms with van der Waals surface area (Å²) in [6, 6.07) is -0.958. The summed E-state index contributed by atoms with van der Waals surface area (Å²) >= 11 is 0. The predicted octanol–water partition coefficient (Wildman–Crippen LogP) is -1.08. The molecule has 0 spiro atoms. The van der Waals surface area contributed by atoms with Crippen LogP contribution in [0.5, 0.6) is 0 Å². The van der Waals surface area contributed by atoms with Crippen molar-refractivity contribution in [1.29, 1.82) is 0 Å². The maximum atomic E-state index is 12.5. The third-order valence-electron chi connectivity index (χ3n) is 3.85. The summed E-state index contributed by atoms with van der Waals surface area (Å²) in [6.07, 6.45) is 1.42. The number of carboxylic acid groups (broad SMARTS) is 1. The number of aliphatic carboxylic acids is 1. The van der Waals surface area contributed by atoms with E-state index in [9.17, 15) is 14.4 Å². The van der Waals surface area contributed by atoms with Gasteiger partial charge in [0.25, 0.3) is 0 Å². The topological polar surface area (TPSA) is 113 Å². The number of rotatable bonds is 4. The Balaban J connectivity index is 2.17. The number of piperazine rings is 1. The highest BCUT2D eigenvalue weighted by molar-refractivity contribution is 5.94. The molecule has 0 aromatic carbocycles. The highest BCUT2D eigenvalue weighted by atomic mass is 16.4. The van der Waals surface area contributed by atoms with E-state index in [2.05, 4.69) is 5.32 Å². The fourth-order valence-electron chi connectivity index (χ4n) is 2.49. The Morgan fingerprint density at radius 3 is 2.68 bits per heavy atom. The van der Waals surface area contributed by atoms with E-state index in [4.69, 9.17) is 10.8 Å². The molecule has 1 saturated heterocycles. The average molecular weight is 269 g/mol. The largest absolute Gasteiger partial charge is 0.481 e. The summed E-state index contributed by atoms with van der Waals surface area (Å²) < 4.78 is 0. The second-order valence-electron chi connectivity index (χ2n) is 5.46. The van der Waals surface area contributed by atoms with Crippen LogP contribution < -0.4 is 11.1 Å². The zero-order chi connectivity index (χ0) is 14.2. The first-order valence-electron chi connectivity index (χ1n) is 6.43. The van der Waals surface area contributed by atoms with Gasteiger partial charge in [0.1, 0.15) is 6.04 Å². The van der Waals surface area contributed by atoms with Gasteiger partial charge >= 0.3 is 5.97 Å². The summed E-state index contributed by atoms with van der Waals surface area (Å²) in [7, 11) is 0. The summed E-state index contributed by atoms with van der Waals surface area (Å²) in [5.41, 5.74) is 5.06. The standard InChI is InChI=1S/C12H19N3O4/c1-12(13,7-2-3-7)11(19)15-5-4-14-10(18)8(15)6-9(16)17/h7-8H,2-6,13H2,1H3,(H,14,18)(H,16,17). The number of hydrogen-bond donors (Lipinski definition) is 3. The van der Waals surface area contributed by atoms with Gasteiger partial charge in [0.15, 0.2) is 0 Å². The molecule has 2 fully saturated rings. The Bertz CT molecular complexity index is 417. The van der Waals surface area contributed by atoms with Crippen LogP contribution in [0.4, 0.5) is 0 Å². The molecule has 1 aliphatic carbocycles. The van der Waals surface area contributed by atoms with Crippen LogP contribution >= 0.6 is 0 Å². The quantitative estimate of drug-likeness (QED) is 0.600. The van der Waals surface area contributed by atoms with Gasteiger partial charge in [0.05, 0.1) is 12.0 Å². The monoisotopic (exact) mass is 269 g/mol. The van der Waals surface area contributed by atoms with Crippen LogP contribution in [0.2, 0.25) is 0 Å². The molecule has 0 aromatic heterocycles. The number of nitrogens with zero attached hydrogens (tertiary/aromatic N) is 1. The van der Waals surface area contributed by atoms with Crippen LogP contribution in [0.1, 0.15) is 26.2 Å². The third-order valence-corrected chi connectivity index (χ3v) is 3.85. The normalized spacial score (nSPS) is 26.5. The van der Waals surface area contributed by atoms with Gasteiger partial charge in [-0.2, -0.15) is 0 Å². The van der Waals surface area contributed by atoms with Gasteiger partial charge in [0, 0.05) is 13.1 Å². The summed E-state index contributed by atoms with van der Waals surface area (Å²) in [4.78, 5) is 36.4.